The van der Waals surface area contributed by atoms with E-state index in [4.69, 9.17) is 34.8 Å². The second-order valence-electron chi connectivity index (χ2n) is 7.67. The van der Waals surface area contributed by atoms with Gasteiger partial charge in [0.05, 0.1) is 16.8 Å². The van der Waals surface area contributed by atoms with Gasteiger partial charge in [0.1, 0.15) is 0 Å². The number of carbonyl (C=O) groups excluding carboxylic acids is 1. The molecule has 0 aliphatic carbocycles. The first-order chi connectivity index (χ1) is 15.3. The van der Waals surface area contributed by atoms with Crippen LogP contribution in [0.4, 0.5) is 16.2 Å². The highest BCUT2D eigenvalue weighted by atomic mass is 35.5. The quantitative estimate of drug-likeness (QED) is 0.323. The number of amides is 2. The highest BCUT2D eigenvalue weighted by Gasteiger charge is 2.34. The van der Waals surface area contributed by atoms with E-state index in [1.165, 1.54) is 0 Å². The molecule has 1 fully saturated rings. The molecule has 2 aromatic rings. The van der Waals surface area contributed by atoms with Crippen molar-refractivity contribution in [2.45, 2.75) is 19.9 Å². The minimum atomic E-state index is -0.190. The summed E-state index contributed by atoms with van der Waals surface area (Å²) >= 11 is 18.2. The number of benzene rings is 2. The average molecular weight is 494 g/mol. The summed E-state index contributed by atoms with van der Waals surface area (Å²) in [6.07, 6.45) is 1.86. The van der Waals surface area contributed by atoms with Crippen molar-refractivity contribution in [1.82, 2.24) is 9.80 Å². The van der Waals surface area contributed by atoms with Gasteiger partial charge < -0.3 is 20.4 Å². The second kappa shape index (κ2) is 10.8. The molecule has 0 spiro atoms. The first-order valence-corrected chi connectivity index (χ1v) is 11.2. The van der Waals surface area contributed by atoms with Crippen LogP contribution in [0.15, 0.2) is 47.5 Å². The molecule has 3 rings (SSSR count). The third-order valence-corrected chi connectivity index (χ3v) is 5.98. The number of hydrogen-bond acceptors (Lipinski definition) is 3. The van der Waals surface area contributed by atoms with Gasteiger partial charge in [-0.2, -0.15) is 5.26 Å². The van der Waals surface area contributed by atoms with Crippen LogP contribution < -0.4 is 10.6 Å². The van der Waals surface area contributed by atoms with Gasteiger partial charge in [-0.1, -0.05) is 48.7 Å². The summed E-state index contributed by atoms with van der Waals surface area (Å²) in [6, 6.07) is 11.8. The topological polar surface area (TPSA) is 83.8 Å². The summed E-state index contributed by atoms with van der Waals surface area (Å²) < 4.78 is 0. The van der Waals surface area contributed by atoms with Gasteiger partial charge in [0.25, 0.3) is 0 Å². The number of nitrogens with one attached hydrogen (secondary N) is 2. The number of nitriles is 1. The van der Waals surface area contributed by atoms with Crippen molar-refractivity contribution in [1.29, 1.82) is 5.26 Å². The molecule has 168 valence electrons. The van der Waals surface area contributed by atoms with Crippen molar-refractivity contribution < 1.29 is 4.79 Å². The molecule has 1 aliphatic heterocycles. The van der Waals surface area contributed by atoms with Crippen molar-refractivity contribution in [3.63, 3.8) is 0 Å². The van der Waals surface area contributed by atoms with Crippen LogP contribution in [0.2, 0.25) is 15.1 Å². The monoisotopic (exact) mass is 492 g/mol. The Morgan fingerprint density at radius 3 is 2.41 bits per heavy atom. The van der Waals surface area contributed by atoms with Crippen LogP contribution in [-0.4, -0.2) is 47.5 Å². The molecule has 7 nitrogen and oxygen atoms in total. The third kappa shape index (κ3) is 5.98. The van der Waals surface area contributed by atoms with Crippen LogP contribution in [-0.2, 0) is 0 Å². The molecular formula is C22H23Cl3N6O. The van der Waals surface area contributed by atoms with Crippen LogP contribution in [0.3, 0.4) is 0 Å². The van der Waals surface area contributed by atoms with E-state index in [-0.39, 0.29) is 18.0 Å². The standard InChI is InChI=1S/C22H23Cl3N6O/c1-14(2)20-12-30(22(32)28-17-6-3-15(23)4-7-17)9-10-31(20)21(27-13-26)29-19-8-5-16(24)11-18(19)25/h3-8,11,14,20H,9-10,12H2,1-2H3,(H,27,29)(H,28,32). The first kappa shape index (κ1) is 24.0. The summed E-state index contributed by atoms with van der Waals surface area (Å²) in [5.74, 6) is 0.570. The van der Waals surface area contributed by atoms with E-state index < -0.39 is 0 Å². The Bertz CT molecular complexity index is 1030. The summed E-state index contributed by atoms with van der Waals surface area (Å²) in [4.78, 5) is 20.6. The Hall–Kier alpha value is -2.66. The Balaban J connectivity index is 1.75. The van der Waals surface area contributed by atoms with E-state index in [9.17, 15) is 10.1 Å². The maximum atomic E-state index is 12.8. The Labute approximate surface area is 202 Å². The van der Waals surface area contributed by atoms with Crippen LogP contribution in [0.1, 0.15) is 13.8 Å². The molecule has 0 saturated carbocycles. The summed E-state index contributed by atoms with van der Waals surface area (Å²) in [5, 5.41) is 16.9. The number of guanidine groups is 1. The second-order valence-corrected chi connectivity index (χ2v) is 8.95. The van der Waals surface area contributed by atoms with Crippen molar-refractivity contribution in [3.8, 4) is 6.19 Å². The van der Waals surface area contributed by atoms with E-state index in [0.717, 1.165) is 0 Å². The summed E-state index contributed by atoms with van der Waals surface area (Å²) in [7, 11) is 0. The van der Waals surface area contributed by atoms with E-state index >= 15 is 0 Å². The van der Waals surface area contributed by atoms with Gasteiger partial charge in [-0.25, -0.2) is 4.79 Å². The molecule has 1 saturated heterocycles. The molecule has 10 heteroatoms. The molecular weight excluding hydrogens is 471 g/mol. The lowest BCUT2D eigenvalue weighted by atomic mass is 10.00. The Morgan fingerprint density at radius 1 is 1.09 bits per heavy atom. The van der Waals surface area contributed by atoms with Crippen molar-refractivity contribution >= 4 is 58.2 Å². The molecule has 1 aliphatic rings. The lowest BCUT2D eigenvalue weighted by molar-refractivity contribution is 0.120. The molecule has 0 radical (unpaired) electrons. The van der Waals surface area contributed by atoms with Crippen molar-refractivity contribution in [2.24, 2.45) is 10.9 Å². The Kier molecular flexibility index (Phi) is 8.08. The molecule has 2 amide bonds. The van der Waals surface area contributed by atoms with Crippen LogP contribution in [0, 0.1) is 17.4 Å². The number of urea groups is 1. The highest BCUT2D eigenvalue weighted by molar-refractivity contribution is 6.36. The van der Waals surface area contributed by atoms with Crippen molar-refractivity contribution in [3.05, 3.63) is 57.5 Å². The van der Waals surface area contributed by atoms with Gasteiger partial charge in [0, 0.05) is 35.4 Å². The zero-order valence-corrected chi connectivity index (χ0v) is 19.9. The zero-order valence-electron chi connectivity index (χ0n) is 17.6. The minimum absolute atomic E-state index is 0.0645. The molecule has 2 N–H and O–H groups in total. The lowest BCUT2D eigenvalue weighted by Crippen LogP contribution is -2.60. The van der Waals surface area contributed by atoms with E-state index in [1.54, 1.807) is 47.4 Å². The van der Waals surface area contributed by atoms with Gasteiger partial charge in [-0.3, -0.25) is 0 Å². The number of nitrogens with zero attached hydrogens (tertiary/aromatic N) is 4. The van der Waals surface area contributed by atoms with E-state index in [2.05, 4.69) is 29.5 Å². The molecule has 2 aromatic carbocycles. The maximum absolute atomic E-state index is 12.8. The van der Waals surface area contributed by atoms with E-state index in [0.29, 0.717) is 52.0 Å². The molecule has 0 bridgehead atoms. The number of piperazine rings is 1. The fourth-order valence-corrected chi connectivity index (χ4v) is 4.07. The number of hydrogen-bond donors (Lipinski definition) is 2. The molecule has 1 atom stereocenters. The largest absolute Gasteiger partial charge is 0.335 e. The third-order valence-electron chi connectivity index (χ3n) is 5.18. The molecule has 1 unspecified atom stereocenters. The average Bonchev–Trinajstić information content (AvgIpc) is 2.76. The number of aliphatic imine (C=N–C) groups is 1. The number of carbonyl (C=O) groups is 1. The highest BCUT2D eigenvalue weighted by Crippen LogP contribution is 2.27. The van der Waals surface area contributed by atoms with Crippen LogP contribution in [0.5, 0.6) is 0 Å². The predicted molar refractivity (Wildman–Crippen MR) is 131 cm³/mol. The van der Waals surface area contributed by atoms with Gasteiger partial charge in [-0.15, -0.1) is 4.99 Å². The lowest BCUT2D eigenvalue weighted by Gasteiger charge is -2.44. The Morgan fingerprint density at radius 2 is 1.78 bits per heavy atom. The van der Waals surface area contributed by atoms with Crippen LogP contribution >= 0.6 is 34.8 Å². The zero-order chi connectivity index (χ0) is 23.3. The van der Waals surface area contributed by atoms with Gasteiger partial charge in [0.2, 0.25) is 12.2 Å². The first-order valence-electron chi connectivity index (χ1n) is 10.1. The SMILES string of the molecule is CC(C)C1CN(C(=O)Nc2ccc(Cl)cc2)CCN1/C(=N\C#N)Nc1ccc(Cl)cc1Cl. The maximum Gasteiger partial charge on any atom is 0.321 e. The molecule has 32 heavy (non-hydrogen) atoms. The fourth-order valence-electron chi connectivity index (χ4n) is 3.49. The molecule has 1 heterocycles. The number of anilines is 2. The predicted octanol–water partition coefficient (Wildman–Crippen LogP) is 5.77. The summed E-state index contributed by atoms with van der Waals surface area (Å²) in [5.41, 5.74) is 1.27. The van der Waals surface area contributed by atoms with E-state index in [1.807, 2.05) is 11.1 Å². The van der Waals surface area contributed by atoms with Gasteiger partial charge >= 0.3 is 6.03 Å². The number of rotatable bonds is 3. The normalized spacial score (nSPS) is 16.7. The van der Waals surface area contributed by atoms with Crippen LogP contribution in [0.25, 0.3) is 0 Å². The smallest absolute Gasteiger partial charge is 0.321 e. The summed E-state index contributed by atoms with van der Waals surface area (Å²) in [6.45, 7) is 5.56. The van der Waals surface area contributed by atoms with Gasteiger partial charge in [-0.05, 0) is 48.4 Å². The van der Waals surface area contributed by atoms with Crippen molar-refractivity contribution in [2.75, 3.05) is 30.3 Å². The fraction of sp³-hybridized carbons (Fsp3) is 0.318. The van der Waals surface area contributed by atoms with Gasteiger partial charge in [0.15, 0.2) is 0 Å². The minimum Gasteiger partial charge on any atom is -0.335 e. The molecule has 0 aromatic heterocycles. The number of halogens is 3.